The lowest BCUT2D eigenvalue weighted by Gasteiger charge is -2.26. The summed E-state index contributed by atoms with van der Waals surface area (Å²) in [6.07, 6.45) is 1.07. The normalized spacial score (nSPS) is 16.9. The van der Waals surface area contributed by atoms with Gasteiger partial charge in [0, 0.05) is 34.4 Å². The van der Waals surface area contributed by atoms with E-state index >= 15 is 0 Å². The molecule has 1 unspecified atom stereocenters. The molecule has 2 N–H and O–H groups in total. The Kier molecular flexibility index (Phi) is 6.65. The van der Waals surface area contributed by atoms with Gasteiger partial charge >= 0.3 is 6.09 Å². The fraction of sp³-hybridized carbons (Fsp3) is 0.333. The number of fused-ring (bicyclic) bond motifs is 1. The number of halogens is 1. The van der Waals surface area contributed by atoms with E-state index in [2.05, 4.69) is 21.4 Å². The van der Waals surface area contributed by atoms with Gasteiger partial charge in [0.1, 0.15) is 11.7 Å². The van der Waals surface area contributed by atoms with Gasteiger partial charge < -0.3 is 15.2 Å². The number of aromatic nitrogens is 2. The minimum Gasteiger partial charge on any atom is -0.443 e. The maximum Gasteiger partial charge on any atom is 0.414 e. The fourth-order valence-corrected chi connectivity index (χ4v) is 4.34. The molecule has 1 amide bonds. The highest BCUT2D eigenvalue weighted by molar-refractivity contribution is 6.30. The molecule has 0 bridgehead atoms. The summed E-state index contributed by atoms with van der Waals surface area (Å²) in [5.41, 5.74) is 2.98. The van der Waals surface area contributed by atoms with Crippen LogP contribution in [0, 0.1) is 18.3 Å². The summed E-state index contributed by atoms with van der Waals surface area (Å²) in [6.45, 7) is 9.15. The molecule has 0 spiro atoms. The number of anilines is 3. The Morgan fingerprint density at radius 2 is 2.06 bits per heavy atom. The number of nitriles is 1. The Labute approximate surface area is 215 Å². The minimum atomic E-state index is -0.778. The molecule has 0 saturated carbocycles. The molecule has 36 heavy (non-hydrogen) atoms. The summed E-state index contributed by atoms with van der Waals surface area (Å²) in [7, 11) is 0. The first-order chi connectivity index (χ1) is 16.9. The lowest BCUT2D eigenvalue weighted by Crippen LogP contribution is -2.40. The van der Waals surface area contributed by atoms with Gasteiger partial charge in [0.15, 0.2) is 0 Å². The number of aryl methyl sites for hydroxylation is 1. The molecule has 4 rings (SSSR count). The van der Waals surface area contributed by atoms with E-state index in [0.717, 1.165) is 11.3 Å². The van der Waals surface area contributed by atoms with Crippen LogP contribution in [-0.4, -0.2) is 39.9 Å². The van der Waals surface area contributed by atoms with Crippen molar-refractivity contribution in [2.75, 3.05) is 23.4 Å². The van der Waals surface area contributed by atoms with Crippen molar-refractivity contribution >= 4 is 35.0 Å². The maximum absolute atomic E-state index is 13.0. The van der Waals surface area contributed by atoms with Gasteiger partial charge in [-0.2, -0.15) is 5.26 Å². The van der Waals surface area contributed by atoms with Crippen molar-refractivity contribution < 1.29 is 14.6 Å². The van der Waals surface area contributed by atoms with Crippen LogP contribution in [0.3, 0.4) is 0 Å². The molecule has 0 saturated heterocycles. The van der Waals surface area contributed by atoms with Gasteiger partial charge in [-0.15, -0.1) is 0 Å². The predicted octanol–water partition coefficient (Wildman–Crippen LogP) is 5.73. The van der Waals surface area contributed by atoms with Gasteiger partial charge in [0.25, 0.3) is 0 Å². The smallest absolute Gasteiger partial charge is 0.414 e. The zero-order valence-corrected chi connectivity index (χ0v) is 21.6. The number of carbonyl (C=O) groups excluding carboxylic acids is 1. The molecule has 0 radical (unpaired) electrons. The number of hydrogen-bond acceptors (Lipinski definition) is 7. The average Bonchev–Trinajstić information content (AvgIpc) is 3.13. The van der Waals surface area contributed by atoms with Crippen LogP contribution < -0.4 is 10.2 Å². The topological polar surface area (TPSA) is 111 Å². The van der Waals surface area contributed by atoms with E-state index in [-0.39, 0.29) is 13.2 Å². The first kappa shape index (κ1) is 25.4. The highest BCUT2D eigenvalue weighted by Crippen LogP contribution is 2.45. The summed E-state index contributed by atoms with van der Waals surface area (Å²) in [6, 6.07) is 13.0. The van der Waals surface area contributed by atoms with E-state index in [9.17, 15) is 15.2 Å². The number of aliphatic hydroxyl groups is 1. The SMILES string of the molecule is Cc1ccc(Cl)cc1Nc1nccc(-c2cc(C#N)c3c(c2)C(C)(CO)CN3C(=O)OC(C)(C)C)n1. The van der Waals surface area contributed by atoms with E-state index in [1.165, 1.54) is 4.90 Å². The second kappa shape index (κ2) is 9.41. The molecule has 2 aromatic carbocycles. The van der Waals surface area contributed by atoms with Crippen molar-refractivity contribution in [3.63, 3.8) is 0 Å². The summed E-state index contributed by atoms with van der Waals surface area (Å²) >= 11 is 6.14. The Morgan fingerprint density at radius 3 is 2.72 bits per heavy atom. The van der Waals surface area contributed by atoms with Crippen molar-refractivity contribution in [3.05, 3.63) is 64.3 Å². The molecular weight excluding hydrogens is 478 g/mol. The van der Waals surface area contributed by atoms with Crippen LogP contribution in [-0.2, 0) is 10.2 Å². The van der Waals surface area contributed by atoms with Crippen LogP contribution in [0.4, 0.5) is 22.1 Å². The fourth-order valence-electron chi connectivity index (χ4n) is 4.17. The average molecular weight is 506 g/mol. The number of rotatable bonds is 4. The van der Waals surface area contributed by atoms with Crippen LogP contribution in [0.15, 0.2) is 42.6 Å². The quantitative estimate of drug-likeness (QED) is 0.466. The molecule has 186 valence electrons. The molecule has 0 aliphatic carbocycles. The number of hydrogen-bond donors (Lipinski definition) is 2. The van der Waals surface area contributed by atoms with Crippen LogP contribution in [0.2, 0.25) is 5.02 Å². The first-order valence-corrected chi connectivity index (χ1v) is 11.9. The number of benzene rings is 2. The van der Waals surface area contributed by atoms with Gasteiger partial charge in [-0.1, -0.05) is 24.6 Å². The van der Waals surface area contributed by atoms with Crippen LogP contribution in [0.25, 0.3) is 11.3 Å². The second-order valence-electron chi connectivity index (χ2n) is 10.2. The Bertz CT molecular complexity index is 1380. The molecule has 1 aliphatic rings. The van der Waals surface area contributed by atoms with E-state index in [1.54, 1.807) is 45.2 Å². The van der Waals surface area contributed by atoms with Crippen LogP contribution in [0.5, 0.6) is 0 Å². The molecule has 2 heterocycles. The van der Waals surface area contributed by atoms with E-state index in [1.807, 2.05) is 32.0 Å². The molecule has 8 nitrogen and oxygen atoms in total. The van der Waals surface area contributed by atoms with Gasteiger partial charge in [0.05, 0.1) is 23.6 Å². The number of amides is 1. The third-order valence-corrected chi connectivity index (χ3v) is 6.25. The lowest BCUT2D eigenvalue weighted by atomic mass is 9.83. The van der Waals surface area contributed by atoms with Crippen LogP contribution in [0.1, 0.15) is 44.4 Å². The number of carbonyl (C=O) groups is 1. The van der Waals surface area contributed by atoms with Gasteiger partial charge in [-0.25, -0.2) is 14.8 Å². The highest BCUT2D eigenvalue weighted by Gasteiger charge is 2.44. The first-order valence-electron chi connectivity index (χ1n) is 11.5. The molecular formula is C27H28ClN5O3. The van der Waals surface area contributed by atoms with Gasteiger partial charge in [-0.05, 0) is 69.2 Å². The Hall–Kier alpha value is -3.67. The molecule has 3 aromatic rings. The maximum atomic E-state index is 13.0. The molecule has 1 aromatic heterocycles. The van der Waals surface area contributed by atoms with Gasteiger partial charge in [-0.3, -0.25) is 4.90 Å². The van der Waals surface area contributed by atoms with Crippen molar-refractivity contribution in [1.82, 2.24) is 9.97 Å². The molecule has 1 atom stereocenters. The van der Waals surface area contributed by atoms with Crippen molar-refractivity contribution in [2.45, 2.75) is 45.6 Å². The highest BCUT2D eigenvalue weighted by atomic mass is 35.5. The van der Waals surface area contributed by atoms with Crippen molar-refractivity contribution in [1.29, 1.82) is 5.26 Å². The molecule has 9 heteroatoms. The van der Waals surface area contributed by atoms with Gasteiger partial charge in [0.2, 0.25) is 5.95 Å². The van der Waals surface area contributed by atoms with Crippen LogP contribution >= 0.6 is 11.6 Å². The lowest BCUT2D eigenvalue weighted by molar-refractivity contribution is 0.0575. The monoisotopic (exact) mass is 505 g/mol. The molecule has 0 fully saturated rings. The third-order valence-electron chi connectivity index (χ3n) is 6.02. The number of ether oxygens (including phenoxy) is 1. The van der Waals surface area contributed by atoms with Crippen molar-refractivity contribution in [2.24, 2.45) is 0 Å². The standard InChI is InChI=1S/C27H28ClN5O3/c1-16-6-7-19(28)12-22(16)32-24-30-9-8-21(31-24)17-10-18(13-29)23-20(11-17)27(5,15-34)14-33(23)25(35)36-26(2,3)4/h6-12,34H,14-15H2,1-5H3,(H,30,31,32). The summed E-state index contributed by atoms with van der Waals surface area (Å²) in [5.74, 6) is 0.372. The summed E-state index contributed by atoms with van der Waals surface area (Å²) < 4.78 is 5.58. The summed E-state index contributed by atoms with van der Waals surface area (Å²) in [5, 5.41) is 24.1. The summed E-state index contributed by atoms with van der Waals surface area (Å²) in [4.78, 5) is 23.4. The number of nitrogens with one attached hydrogen (secondary N) is 1. The van der Waals surface area contributed by atoms with E-state index in [0.29, 0.717) is 39.0 Å². The zero-order chi connectivity index (χ0) is 26.3. The Morgan fingerprint density at radius 1 is 1.31 bits per heavy atom. The molecule has 1 aliphatic heterocycles. The second-order valence-corrected chi connectivity index (χ2v) is 10.6. The predicted molar refractivity (Wildman–Crippen MR) is 140 cm³/mol. The Balaban J connectivity index is 1.77. The number of nitrogens with zero attached hydrogens (tertiary/aromatic N) is 4. The number of aliphatic hydroxyl groups excluding tert-OH is 1. The van der Waals surface area contributed by atoms with Crippen molar-refractivity contribution in [3.8, 4) is 17.3 Å². The minimum absolute atomic E-state index is 0.191. The van der Waals surface area contributed by atoms with E-state index < -0.39 is 17.1 Å². The third kappa shape index (κ3) is 4.99. The largest absolute Gasteiger partial charge is 0.443 e. The zero-order valence-electron chi connectivity index (χ0n) is 20.9. The van der Waals surface area contributed by atoms with E-state index in [4.69, 9.17) is 16.3 Å².